The summed E-state index contributed by atoms with van der Waals surface area (Å²) in [5, 5.41) is 21.3. The van der Waals surface area contributed by atoms with E-state index in [1.54, 1.807) is 18.2 Å². The van der Waals surface area contributed by atoms with Crippen molar-refractivity contribution in [1.29, 1.82) is 0 Å². The van der Waals surface area contributed by atoms with E-state index in [1.165, 1.54) is 0 Å². The average Bonchev–Trinajstić information content (AvgIpc) is 2.42. The molecule has 0 amide bonds. The van der Waals surface area contributed by atoms with Crippen LogP contribution in [0.3, 0.4) is 0 Å². The number of aromatic hydroxyl groups is 2. The Hall–Kier alpha value is -2.19. The molecule has 3 rings (SSSR count). The highest BCUT2D eigenvalue weighted by Gasteiger charge is 2.05. The first-order valence-electron chi connectivity index (χ1n) is 5.86. The summed E-state index contributed by atoms with van der Waals surface area (Å²) in [4.78, 5) is 0. The zero-order valence-electron chi connectivity index (χ0n) is 9.97. The van der Waals surface area contributed by atoms with Gasteiger partial charge in [0, 0.05) is 5.39 Å². The summed E-state index contributed by atoms with van der Waals surface area (Å²) < 4.78 is 0. The van der Waals surface area contributed by atoms with Gasteiger partial charge in [0.2, 0.25) is 0 Å². The van der Waals surface area contributed by atoms with Crippen LogP contribution in [0.15, 0.2) is 54.6 Å². The fourth-order valence-electron chi connectivity index (χ4n) is 2.13. The number of hydrogen-bond acceptors (Lipinski definition) is 2. The molecule has 19 heavy (non-hydrogen) atoms. The number of phenols is 2. The van der Waals surface area contributed by atoms with Gasteiger partial charge >= 0.3 is 0 Å². The SMILES string of the molecule is Oc1ccc(-c2ccc3c(O)cccc3c2)cc1Cl. The number of fused-ring (bicyclic) bond motifs is 1. The van der Waals surface area contributed by atoms with Gasteiger partial charge in [-0.05, 0) is 40.8 Å². The summed E-state index contributed by atoms with van der Waals surface area (Å²) in [7, 11) is 0. The van der Waals surface area contributed by atoms with Gasteiger partial charge < -0.3 is 10.2 Å². The van der Waals surface area contributed by atoms with E-state index >= 15 is 0 Å². The highest BCUT2D eigenvalue weighted by molar-refractivity contribution is 6.32. The third kappa shape index (κ3) is 2.11. The van der Waals surface area contributed by atoms with Gasteiger partial charge in [-0.25, -0.2) is 0 Å². The summed E-state index contributed by atoms with van der Waals surface area (Å²) >= 11 is 5.92. The maximum absolute atomic E-state index is 9.76. The predicted molar refractivity (Wildman–Crippen MR) is 77.7 cm³/mol. The molecule has 0 spiro atoms. The lowest BCUT2D eigenvalue weighted by Gasteiger charge is -2.06. The quantitative estimate of drug-likeness (QED) is 0.680. The first-order chi connectivity index (χ1) is 9.15. The first-order valence-corrected chi connectivity index (χ1v) is 6.23. The zero-order valence-corrected chi connectivity index (χ0v) is 10.7. The molecule has 0 unspecified atom stereocenters. The Morgan fingerprint density at radius 3 is 2.26 bits per heavy atom. The van der Waals surface area contributed by atoms with E-state index in [9.17, 15) is 10.2 Å². The van der Waals surface area contributed by atoms with Crippen LogP contribution in [0.25, 0.3) is 21.9 Å². The molecule has 0 saturated carbocycles. The van der Waals surface area contributed by atoms with E-state index in [-0.39, 0.29) is 11.5 Å². The van der Waals surface area contributed by atoms with Crippen molar-refractivity contribution >= 4 is 22.4 Å². The largest absolute Gasteiger partial charge is 0.507 e. The molecule has 0 aliphatic heterocycles. The van der Waals surface area contributed by atoms with E-state index in [2.05, 4.69) is 0 Å². The molecular formula is C16H11ClO2. The summed E-state index contributed by atoms with van der Waals surface area (Å²) in [6, 6.07) is 16.3. The molecule has 3 heteroatoms. The molecular weight excluding hydrogens is 260 g/mol. The number of rotatable bonds is 1. The molecule has 2 nitrogen and oxygen atoms in total. The van der Waals surface area contributed by atoms with E-state index < -0.39 is 0 Å². The predicted octanol–water partition coefficient (Wildman–Crippen LogP) is 4.57. The average molecular weight is 271 g/mol. The van der Waals surface area contributed by atoms with E-state index in [4.69, 9.17) is 11.6 Å². The smallest absolute Gasteiger partial charge is 0.134 e. The van der Waals surface area contributed by atoms with Gasteiger partial charge in [0.15, 0.2) is 0 Å². The Morgan fingerprint density at radius 1 is 0.737 bits per heavy atom. The molecule has 0 heterocycles. The molecule has 0 aliphatic carbocycles. The van der Waals surface area contributed by atoms with E-state index in [0.717, 1.165) is 21.9 Å². The van der Waals surface area contributed by atoms with Crippen molar-refractivity contribution < 1.29 is 10.2 Å². The summed E-state index contributed by atoms with van der Waals surface area (Å²) in [5.74, 6) is 0.344. The molecule has 0 aliphatic rings. The van der Waals surface area contributed by atoms with Crippen LogP contribution >= 0.6 is 11.6 Å². The summed E-state index contributed by atoms with van der Waals surface area (Å²) in [6.07, 6.45) is 0. The second kappa shape index (κ2) is 4.48. The molecule has 3 aromatic carbocycles. The van der Waals surface area contributed by atoms with Gasteiger partial charge in [0.1, 0.15) is 11.5 Å². The standard InChI is InChI=1S/C16H11ClO2/c17-14-9-11(5-7-16(14)19)10-4-6-13-12(8-10)2-1-3-15(13)18/h1-9,18-19H. The first kappa shape index (κ1) is 11.9. The third-order valence-electron chi connectivity index (χ3n) is 3.14. The lowest BCUT2D eigenvalue weighted by atomic mass is 10.0. The van der Waals surface area contributed by atoms with Crippen LogP contribution in [0.4, 0.5) is 0 Å². The summed E-state index contributed by atoms with van der Waals surface area (Å²) in [6.45, 7) is 0. The number of hydrogen-bond donors (Lipinski definition) is 2. The van der Waals surface area contributed by atoms with Crippen molar-refractivity contribution in [3.8, 4) is 22.6 Å². The fraction of sp³-hybridized carbons (Fsp3) is 0. The van der Waals surface area contributed by atoms with Crippen LogP contribution in [0.2, 0.25) is 5.02 Å². The second-order valence-corrected chi connectivity index (χ2v) is 4.79. The van der Waals surface area contributed by atoms with Crippen molar-refractivity contribution in [3.05, 3.63) is 59.6 Å². The molecule has 0 saturated heterocycles. The third-order valence-corrected chi connectivity index (χ3v) is 3.44. The molecule has 0 aromatic heterocycles. The van der Waals surface area contributed by atoms with Crippen LogP contribution in [-0.4, -0.2) is 10.2 Å². The Bertz CT molecular complexity index is 766. The van der Waals surface area contributed by atoms with Gasteiger partial charge in [-0.15, -0.1) is 0 Å². The monoisotopic (exact) mass is 270 g/mol. The van der Waals surface area contributed by atoms with Gasteiger partial charge in [-0.2, -0.15) is 0 Å². The van der Waals surface area contributed by atoms with Gasteiger partial charge in [-0.1, -0.05) is 41.9 Å². The van der Waals surface area contributed by atoms with E-state index in [1.807, 2.05) is 36.4 Å². The molecule has 94 valence electrons. The molecule has 0 bridgehead atoms. The van der Waals surface area contributed by atoms with Crippen LogP contribution < -0.4 is 0 Å². The fourth-order valence-corrected chi connectivity index (χ4v) is 2.31. The Balaban J connectivity index is 2.17. The zero-order chi connectivity index (χ0) is 13.4. The maximum Gasteiger partial charge on any atom is 0.134 e. The minimum atomic E-state index is 0.0730. The van der Waals surface area contributed by atoms with Crippen molar-refractivity contribution in [3.63, 3.8) is 0 Å². The lowest BCUT2D eigenvalue weighted by molar-refractivity contribution is 0.475. The Kier molecular flexibility index (Phi) is 2.80. The molecule has 0 atom stereocenters. The molecule has 0 fully saturated rings. The van der Waals surface area contributed by atoms with E-state index in [0.29, 0.717) is 5.02 Å². The minimum Gasteiger partial charge on any atom is -0.507 e. The normalized spacial score (nSPS) is 10.8. The Morgan fingerprint density at radius 2 is 1.47 bits per heavy atom. The number of phenolic OH excluding ortho intramolecular Hbond substituents is 2. The topological polar surface area (TPSA) is 40.5 Å². The van der Waals surface area contributed by atoms with Gasteiger partial charge in [-0.3, -0.25) is 0 Å². The van der Waals surface area contributed by atoms with Crippen LogP contribution in [0.1, 0.15) is 0 Å². The summed E-state index contributed by atoms with van der Waals surface area (Å²) in [5.41, 5.74) is 1.91. The second-order valence-electron chi connectivity index (χ2n) is 4.38. The number of benzene rings is 3. The highest BCUT2D eigenvalue weighted by atomic mass is 35.5. The lowest BCUT2D eigenvalue weighted by Crippen LogP contribution is -1.80. The Labute approximate surface area is 115 Å². The van der Waals surface area contributed by atoms with Crippen LogP contribution in [0, 0.1) is 0 Å². The van der Waals surface area contributed by atoms with Crippen LogP contribution in [0.5, 0.6) is 11.5 Å². The highest BCUT2D eigenvalue weighted by Crippen LogP contribution is 2.32. The molecule has 0 radical (unpaired) electrons. The molecule has 2 N–H and O–H groups in total. The van der Waals surface area contributed by atoms with Gasteiger partial charge in [0.25, 0.3) is 0 Å². The molecule has 3 aromatic rings. The minimum absolute atomic E-state index is 0.0730. The van der Waals surface area contributed by atoms with Crippen LogP contribution in [-0.2, 0) is 0 Å². The van der Waals surface area contributed by atoms with Crippen molar-refractivity contribution in [2.45, 2.75) is 0 Å². The number of halogens is 1. The van der Waals surface area contributed by atoms with Crippen molar-refractivity contribution in [2.24, 2.45) is 0 Å². The van der Waals surface area contributed by atoms with Crippen molar-refractivity contribution in [2.75, 3.05) is 0 Å². The van der Waals surface area contributed by atoms with Crippen molar-refractivity contribution in [1.82, 2.24) is 0 Å². The van der Waals surface area contributed by atoms with Gasteiger partial charge in [0.05, 0.1) is 5.02 Å². The maximum atomic E-state index is 9.76.